The zero-order chi connectivity index (χ0) is 19.2. The zero-order valence-electron chi connectivity index (χ0n) is 16.2. The van der Waals surface area contributed by atoms with Crippen molar-refractivity contribution >= 4 is 12.1 Å². The molecule has 1 N–H and O–H groups in total. The van der Waals surface area contributed by atoms with Crippen LogP contribution in [0.15, 0.2) is 30.3 Å². The van der Waals surface area contributed by atoms with Crippen molar-refractivity contribution in [2.24, 2.45) is 0 Å². The molecule has 1 aromatic rings. The molecular weight excluding hydrogens is 332 g/mol. The maximum Gasteiger partial charge on any atom is 0.410 e. The van der Waals surface area contributed by atoms with Crippen LogP contribution in [-0.2, 0) is 20.7 Å². The Morgan fingerprint density at radius 2 is 1.92 bits per heavy atom. The van der Waals surface area contributed by atoms with Crippen LogP contribution in [0.4, 0.5) is 4.79 Å². The highest BCUT2D eigenvalue weighted by Gasteiger charge is 2.38. The number of benzene rings is 1. The summed E-state index contributed by atoms with van der Waals surface area (Å²) in [5, 5.41) is 3.55. The second-order valence-corrected chi connectivity index (χ2v) is 7.85. The van der Waals surface area contributed by atoms with E-state index in [4.69, 9.17) is 9.47 Å². The molecule has 1 heterocycles. The van der Waals surface area contributed by atoms with Crippen molar-refractivity contribution in [1.82, 2.24) is 10.2 Å². The Kier molecular flexibility index (Phi) is 6.64. The number of carbonyl (C=O) groups is 2. The minimum atomic E-state index is -0.532. The Balaban J connectivity index is 2.16. The summed E-state index contributed by atoms with van der Waals surface area (Å²) in [5.74, 6) is -0.242. The van der Waals surface area contributed by atoms with E-state index < -0.39 is 5.60 Å². The Bertz CT molecular complexity index is 612. The molecule has 2 rings (SSSR count). The molecule has 0 aromatic heterocycles. The fourth-order valence-corrected chi connectivity index (χ4v) is 3.24. The Morgan fingerprint density at radius 3 is 2.54 bits per heavy atom. The lowest BCUT2D eigenvalue weighted by Crippen LogP contribution is -2.63. The van der Waals surface area contributed by atoms with Crippen molar-refractivity contribution < 1.29 is 19.1 Å². The van der Waals surface area contributed by atoms with Gasteiger partial charge in [0.25, 0.3) is 0 Å². The summed E-state index contributed by atoms with van der Waals surface area (Å²) in [6.45, 7) is 7.33. The summed E-state index contributed by atoms with van der Waals surface area (Å²) < 4.78 is 10.3. The van der Waals surface area contributed by atoms with E-state index in [1.165, 1.54) is 7.11 Å². The number of hydrogen-bond donors (Lipinski definition) is 1. The normalized spacial score (nSPS) is 20.5. The molecule has 1 aromatic carbocycles. The topological polar surface area (TPSA) is 67.9 Å². The highest BCUT2D eigenvalue weighted by Crippen LogP contribution is 2.25. The van der Waals surface area contributed by atoms with Crippen LogP contribution in [0.2, 0.25) is 0 Å². The van der Waals surface area contributed by atoms with Crippen LogP contribution in [0.1, 0.15) is 39.2 Å². The van der Waals surface area contributed by atoms with Crippen molar-refractivity contribution in [1.29, 1.82) is 0 Å². The SMILES string of the molecule is COC(=O)CCC1(Cc2ccccc2)CN(C(=O)OC(C)(C)C)CCN1. The largest absolute Gasteiger partial charge is 0.469 e. The van der Waals surface area contributed by atoms with Crippen molar-refractivity contribution in [3.63, 3.8) is 0 Å². The van der Waals surface area contributed by atoms with Gasteiger partial charge in [0.15, 0.2) is 0 Å². The lowest BCUT2D eigenvalue weighted by Gasteiger charge is -2.44. The van der Waals surface area contributed by atoms with Crippen LogP contribution in [0.5, 0.6) is 0 Å². The molecule has 0 spiro atoms. The van der Waals surface area contributed by atoms with Gasteiger partial charge in [-0.25, -0.2) is 4.79 Å². The van der Waals surface area contributed by atoms with E-state index in [9.17, 15) is 9.59 Å². The van der Waals surface area contributed by atoms with Crippen LogP contribution in [0.3, 0.4) is 0 Å². The second kappa shape index (κ2) is 8.54. The molecule has 0 saturated carbocycles. The average Bonchev–Trinajstić information content (AvgIpc) is 2.59. The van der Waals surface area contributed by atoms with E-state index in [1.54, 1.807) is 4.90 Å². The van der Waals surface area contributed by atoms with E-state index >= 15 is 0 Å². The highest BCUT2D eigenvalue weighted by molar-refractivity contribution is 5.70. The minimum Gasteiger partial charge on any atom is -0.469 e. The quantitative estimate of drug-likeness (QED) is 0.816. The van der Waals surface area contributed by atoms with Crippen molar-refractivity contribution in [3.05, 3.63) is 35.9 Å². The molecule has 1 amide bonds. The fraction of sp³-hybridized carbons (Fsp3) is 0.600. The number of nitrogens with one attached hydrogen (secondary N) is 1. The molecule has 6 nitrogen and oxygen atoms in total. The molecule has 1 atom stereocenters. The minimum absolute atomic E-state index is 0.242. The maximum atomic E-state index is 12.5. The molecule has 0 aliphatic carbocycles. The molecule has 6 heteroatoms. The third-order valence-electron chi connectivity index (χ3n) is 4.45. The van der Waals surface area contributed by atoms with E-state index in [0.29, 0.717) is 32.5 Å². The van der Waals surface area contributed by atoms with Gasteiger partial charge in [-0.2, -0.15) is 0 Å². The Labute approximate surface area is 155 Å². The number of piperazine rings is 1. The van der Waals surface area contributed by atoms with Crippen molar-refractivity contribution in [3.8, 4) is 0 Å². The summed E-state index contributed by atoms with van der Waals surface area (Å²) in [6, 6.07) is 10.1. The Hall–Kier alpha value is -2.08. The van der Waals surface area contributed by atoms with E-state index in [2.05, 4.69) is 17.4 Å². The van der Waals surface area contributed by atoms with Gasteiger partial charge in [0.2, 0.25) is 0 Å². The maximum absolute atomic E-state index is 12.5. The molecule has 0 radical (unpaired) electrons. The number of amides is 1. The smallest absolute Gasteiger partial charge is 0.410 e. The summed E-state index contributed by atoms with van der Waals surface area (Å²) in [7, 11) is 1.40. The molecule has 1 aliphatic rings. The number of carbonyl (C=O) groups excluding carboxylic acids is 2. The van der Waals surface area contributed by atoms with Crippen LogP contribution >= 0.6 is 0 Å². The predicted octanol–water partition coefficient (Wildman–Crippen LogP) is 2.76. The average molecular weight is 362 g/mol. The Morgan fingerprint density at radius 1 is 1.23 bits per heavy atom. The lowest BCUT2D eigenvalue weighted by molar-refractivity contribution is -0.141. The first kappa shape index (κ1) is 20.2. The number of nitrogens with zero attached hydrogens (tertiary/aromatic N) is 1. The number of ether oxygens (including phenoxy) is 2. The standard InChI is InChI=1S/C20H30N2O4/c1-19(2,3)26-18(24)22-13-12-21-20(15-22,11-10-17(23)25-4)14-16-8-6-5-7-9-16/h5-9,21H,10-15H2,1-4H3. The van der Waals surface area contributed by atoms with Gasteiger partial charge in [0, 0.05) is 31.6 Å². The molecule has 1 fully saturated rings. The lowest BCUT2D eigenvalue weighted by atomic mass is 9.84. The molecule has 1 unspecified atom stereocenters. The number of rotatable bonds is 5. The number of methoxy groups -OCH3 is 1. The third kappa shape index (κ3) is 6.02. The second-order valence-electron chi connectivity index (χ2n) is 7.85. The van der Waals surface area contributed by atoms with Crippen LogP contribution in [0, 0.1) is 0 Å². The first-order valence-corrected chi connectivity index (χ1v) is 9.07. The predicted molar refractivity (Wildman–Crippen MR) is 99.9 cm³/mol. The van der Waals surface area contributed by atoms with Crippen LogP contribution in [-0.4, -0.2) is 54.8 Å². The van der Waals surface area contributed by atoms with Gasteiger partial charge in [-0.15, -0.1) is 0 Å². The fourth-order valence-electron chi connectivity index (χ4n) is 3.24. The number of hydrogen-bond acceptors (Lipinski definition) is 5. The summed E-state index contributed by atoms with van der Waals surface area (Å²) in [6.07, 6.45) is 1.31. The van der Waals surface area contributed by atoms with Gasteiger partial charge in [-0.1, -0.05) is 30.3 Å². The van der Waals surface area contributed by atoms with E-state index in [1.807, 2.05) is 39.0 Å². The van der Waals surface area contributed by atoms with Gasteiger partial charge in [-0.3, -0.25) is 4.79 Å². The van der Waals surface area contributed by atoms with Gasteiger partial charge in [0.1, 0.15) is 5.60 Å². The molecule has 0 bridgehead atoms. The van der Waals surface area contributed by atoms with Crippen molar-refractivity contribution in [2.75, 3.05) is 26.7 Å². The molecular formula is C20H30N2O4. The summed E-state index contributed by atoms with van der Waals surface area (Å²) in [5.41, 5.74) is 0.247. The van der Waals surface area contributed by atoms with Gasteiger partial charge >= 0.3 is 12.1 Å². The molecule has 26 heavy (non-hydrogen) atoms. The van der Waals surface area contributed by atoms with Gasteiger partial charge < -0.3 is 19.7 Å². The third-order valence-corrected chi connectivity index (χ3v) is 4.45. The first-order valence-electron chi connectivity index (χ1n) is 9.07. The van der Waals surface area contributed by atoms with Crippen LogP contribution in [0.25, 0.3) is 0 Å². The highest BCUT2D eigenvalue weighted by atomic mass is 16.6. The molecule has 1 aliphatic heterocycles. The molecule has 1 saturated heterocycles. The monoisotopic (exact) mass is 362 g/mol. The molecule has 144 valence electrons. The van der Waals surface area contributed by atoms with Gasteiger partial charge in [-0.05, 0) is 39.2 Å². The zero-order valence-corrected chi connectivity index (χ0v) is 16.2. The van der Waals surface area contributed by atoms with Gasteiger partial charge in [0.05, 0.1) is 7.11 Å². The number of esters is 1. The first-order chi connectivity index (χ1) is 12.2. The van der Waals surface area contributed by atoms with Crippen LogP contribution < -0.4 is 5.32 Å². The summed E-state index contributed by atoms with van der Waals surface area (Å²) in [4.78, 5) is 26.0. The van der Waals surface area contributed by atoms with E-state index in [-0.39, 0.29) is 17.6 Å². The van der Waals surface area contributed by atoms with Crippen molar-refractivity contribution in [2.45, 2.75) is 51.2 Å². The van der Waals surface area contributed by atoms with E-state index in [0.717, 1.165) is 12.0 Å². The summed E-state index contributed by atoms with van der Waals surface area (Å²) >= 11 is 0.